The van der Waals surface area contributed by atoms with Crippen molar-refractivity contribution in [1.29, 1.82) is 5.26 Å². The molecule has 0 unspecified atom stereocenters. The van der Waals surface area contributed by atoms with E-state index in [9.17, 15) is 9.65 Å². The molecule has 0 bridgehead atoms. The average Bonchev–Trinajstić information content (AvgIpc) is 3.31. The third-order valence-electron chi connectivity index (χ3n) is 7.85. The van der Waals surface area contributed by atoms with Crippen LogP contribution in [-0.4, -0.2) is 33.1 Å². The van der Waals surface area contributed by atoms with Crippen molar-refractivity contribution in [3.05, 3.63) is 106 Å². The summed E-state index contributed by atoms with van der Waals surface area (Å²) in [6.45, 7) is 2.02. The van der Waals surface area contributed by atoms with Crippen LogP contribution in [0.2, 0.25) is 10.0 Å². The molecular weight excluding hydrogens is 562 g/mol. The fourth-order valence-corrected chi connectivity index (χ4v) is 6.19. The molecule has 0 radical (unpaired) electrons. The van der Waals surface area contributed by atoms with Crippen molar-refractivity contribution in [2.75, 3.05) is 23.7 Å². The number of fused-ring (bicyclic) bond motifs is 2. The molecule has 4 atom stereocenters. The predicted octanol–water partition coefficient (Wildman–Crippen LogP) is 6.48. The van der Waals surface area contributed by atoms with Crippen LogP contribution in [0.1, 0.15) is 28.9 Å². The second kappa shape index (κ2) is 10.3. The van der Waals surface area contributed by atoms with E-state index in [1.807, 2.05) is 41.2 Å². The van der Waals surface area contributed by atoms with E-state index in [1.165, 1.54) is 18.3 Å². The maximum Gasteiger partial charge on any atom is 0.141 e. The highest BCUT2D eigenvalue weighted by Gasteiger charge is 2.55. The van der Waals surface area contributed by atoms with Crippen molar-refractivity contribution >= 4 is 51.2 Å². The van der Waals surface area contributed by atoms with E-state index in [4.69, 9.17) is 23.2 Å². The molecule has 2 fully saturated rings. The Morgan fingerprint density at radius 2 is 1.88 bits per heavy atom. The highest BCUT2D eigenvalue weighted by molar-refractivity contribution is 6.32. The normalized spacial score (nSPS) is 19.9. The van der Waals surface area contributed by atoms with Gasteiger partial charge in [0, 0.05) is 47.2 Å². The molecule has 41 heavy (non-hydrogen) atoms. The number of piperidine rings is 1. The quantitative estimate of drug-likeness (QED) is 0.201. The number of aromatic nitrogens is 4. The number of benzene rings is 3. The summed E-state index contributed by atoms with van der Waals surface area (Å²) in [5, 5.41) is 30.2. The second-order valence-corrected chi connectivity index (χ2v) is 11.2. The van der Waals surface area contributed by atoms with Crippen LogP contribution in [0.4, 0.5) is 21.5 Å². The van der Waals surface area contributed by atoms with Crippen LogP contribution in [0.15, 0.2) is 73.1 Å². The van der Waals surface area contributed by atoms with Crippen molar-refractivity contribution in [1.82, 2.24) is 25.3 Å². The minimum absolute atomic E-state index is 0.0305. The van der Waals surface area contributed by atoms with Crippen molar-refractivity contribution in [3.63, 3.8) is 0 Å². The fraction of sp³-hybridized carbons (Fsp3) is 0.200. The lowest BCUT2D eigenvalue weighted by molar-refractivity contribution is 0.509. The Kier molecular flexibility index (Phi) is 6.47. The number of nitrogens with one attached hydrogen (secondary N) is 3. The molecule has 204 valence electrons. The summed E-state index contributed by atoms with van der Waals surface area (Å²) in [5.41, 5.74) is 4.34. The van der Waals surface area contributed by atoms with Crippen molar-refractivity contribution < 1.29 is 4.39 Å². The van der Waals surface area contributed by atoms with E-state index in [1.54, 1.807) is 18.2 Å². The number of nitriles is 1. The lowest BCUT2D eigenvalue weighted by Gasteiger charge is -2.21. The Hall–Kier alpha value is -4.23. The minimum Gasteiger partial charge on any atom is -0.371 e. The highest BCUT2D eigenvalue weighted by atomic mass is 35.5. The molecule has 1 aliphatic heterocycles. The van der Waals surface area contributed by atoms with Crippen LogP contribution >= 0.6 is 23.2 Å². The molecule has 0 amide bonds. The molecule has 7 rings (SSSR count). The largest absolute Gasteiger partial charge is 0.371 e. The molecule has 8 nitrogen and oxygen atoms in total. The zero-order valence-electron chi connectivity index (χ0n) is 21.5. The Bertz CT molecular complexity index is 1810. The van der Waals surface area contributed by atoms with E-state index < -0.39 is 5.82 Å². The first-order chi connectivity index (χ1) is 20.0. The molecule has 1 saturated heterocycles. The molecule has 1 saturated carbocycles. The molecule has 3 heterocycles. The van der Waals surface area contributed by atoms with E-state index in [2.05, 4.69) is 37.3 Å². The number of rotatable bonds is 7. The van der Waals surface area contributed by atoms with Crippen LogP contribution < -0.4 is 16.0 Å². The van der Waals surface area contributed by atoms with Crippen LogP contribution in [0.3, 0.4) is 0 Å². The van der Waals surface area contributed by atoms with Crippen molar-refractivity contribution in [2.24, 2.45) is 11.8 Å². The number of hydrogen-bond donors (Lipinski definition) is 3. The molecule has 2 aliphatic rings. The Morgan fingerprint density at radius 3 is 2.63 bits per heavy atom. The van der Waals surface area contributed by atoms with E-state index >= 15 is 0 Å². The first-order valence-electron chi connectivity index (χ1n) is 13.2. The zero-order chi connectivity index (χ0) is 28.1. The van der Waals surface area contributed by atoms with Gasteiger partial charge in [0.25, 0.3) is 0 Å². The molecule has 0 spiro atoms. The average molecular weight is 585 g/mol. The second-order valence-electron chi connectivity index (χ2n) is 10.4. The monoisotopic (exact) mass is 584 g/mol. The summed E-state index contributed by atoms with van der Waals surface area (Å²) in [6, 6.07) is 20.0. The third kappa shape index (κ3) is 4.74. The summed E-state index contributed by atoms with van der Waals surface area (Å²) in [4.78, 5) is 4.63. The van der Waals surface area contributed by atoms with Gasteiger partial charge in [0.1, 0.15) is 17.6 Å². The first-order valence-corrected chi connectivity index (χ1v) is 13.9. The fourth-order valence-electron chi connectivity index (χ4n) is 5.79. The number of hydrogen-bond acceptors (Lipinski definition) is 7. The van der Waals surface area contributed by atoms with Gasteiger partial charge in [0.15, 0.2) is 0 Å². The molecule has 3 N–H and O–H groups in total. The van der Waals surface area contributed by atoms with Crippen LogP contribution in [0.5, 0.6) is 0 Å². The third-order valence-corrected chi connectivity index (χ3v) is 8.36. The highest BCUT2D eigenvalue weighted by Crippen LogP contribution is 2.52. The van der Waals surface area contributed by atoms with Crippen LogP contribution in [0, 0.1) is 29.0 Å². The summed E-state index contributed by atoms with van der Waals surface area (Å²) in [6.07, 6.45) is 3.52. The summed E-state index contributed by atoms with van der Waals surface area (Å²) < 4.78 is 15.8. The Balaban J connectivity index is 1.29. The van der Waals surface area contributed by atoms with Crippen LogP contribution in [-0.2, 0) is 0 Å². The number of nitrogens with zero attached hydrogens (tertiary/aromatic N) is 5. The van der Waals surface area contributed by atoms with Gasteiger partial charge in [-0.2, -0.15) is 5.26 Å². The molecule has 1 aliphatic carbocycles. The molecule has 2 aromatic heterocycles. The lowest BCUT2D eigenvalue weighted by atomic mass is 10.0. The van der Waals surface area contributed by atoms with Crippen molar-refractivity contribution in [3.8, 4) is 6.07 Å². The van der Waals surface area contributed by atoms with Gasteiger partial charge in [0.05, 0.1) is 45.8 Å². The van der Waals surface area contributed by atoms with Gasteiger partial charge in [0.2, 0.25) is 0 Å². The van der Waals surface area contributed by atoms with Gasteiger partial charge in [-0.25, -0.2) is 9.07 Å². The summed E-state index contributed by atoms with van der Waals surface area (Å²) >= 11 is 12.6. The van der Waals surface area contributed by atoms with Crippen LogP contribution in [0.25, 0.3) is 10.9 Å². The first kappa shape index (κ1) is 25.7. The zero-order valence-corrected chi connectivity index (χ0v) is 23.0. The SMILES string of the molecule is N#Cc1cnc2c(N[C@@H](c3ccccc3)c3cn([C@@H]4[C@@H]5CNC[C@@H]54)nn3)cc(Cl)cc2c1Nc1ccc(F)c(Cl)c1. The van der Waals surface area contributed by atoms with Gasteiger partial charge >= 0.3 is 0 Å². The maximum atomic E-state index is 13.8. The standard InChI is InChI=1S/C30H23Cl2FN8/c31-18-8-20-27(37-19-6-7-24(33)23(32)10-19)17(11-34)12-36-29(20)25(9-18)38-28(16-4-2-1-3-5-16)26-15-41(40-39-26)30-21-13-35-14-22(21)30/h1-10,12,15,21-22,28,30,35,38H,13-14H2,(H,36,37)/t21-,22+,28-,30-/m0/s1. The Labute approximate surface area is 245 Å². The van der Waals surface area contributed by atoms with E-state index in [0.29, 0.717) is 56.4 Å². The Morgan fingerprint density at radius 1 is 1.07 bits per heavy atom. The van der Waals surface area contributed by atoms with E-state index in [0.717, 1.165) is 24.3 Å². The number of halogens is 3. The van der Waals surface area contributed by atoms with Gasteiger partial charge in [-0.05, 0) is 35.9 Å². The number of pyridine rings is 1. The topological polar surface area (TPSA) is 103 Å². The number of anilines is 3. The van der Waals surface area contributed by atoms with Gasteiger partial charge < -0.3 is 16.0 Å². The lowest BCUT2D eigenvalue weighted by Crippen LogP contribution is -2.17. The summed E-state index contributed by atoms with van der Waals surface area (Å²) in [7, 11) is 0. The minimum atomic E-state index is -0.530. The predicted molar refractivity (Wildman–Crippen MR) is 157 cm³/mol. The van der Waals surface area contributed by atoms with Gasteiger partial charge in [-0.15, -0.1) is 5.10 Å². The molecular formula is C30H23Cl2FN8. The maximum absolute atomic E-state index is 13.8. The van der Waals surface area contributed by atoms with E-state index in [-0.39, 0.29) is 11.1 Å². The smallest absolute Gasteiger partial charge is 0.141 e. The van der Waals surface area contributed by atoms with Gasteiger partial charge in [-0.1, -0.05) is 58.7 Å². The summed E-state index contributed by atoms with van der Waals surface area (Å²) in [5.74, 6) is 0.673. The molecule has 11 heteroatoms. The molecule has 3 aromatic carbocycles. The van der Waals surface area contributed by atoms with Gasteiger partial charge in [-0.3, -0.25) is 4.98 Å². The molecule has 5 aromatic rings. The van der Waals surface area contributed by atoms with Crippen molar-refractivity contribution in [2.45, 2.75) is 12.1 Å².